The van der Waals surface area contributed by atoms with Gasteiger partial charge in [-0.05, 0) is 53.2 Å². The maximum absolute atomic E-state index is 2.58. The highest BCUT2D eigenvalue weighted by Crippen LogP contribution is 2.34. The zero-order valence-electron chi connectivity index (χ0n) is 13.7. The van der Waals surface area contributed by atoms with Gasteiger partial charge in [-0.25, -0.2) is 0 Å². The summed E-state index contributed by atoms with van der Waals surface area (Å²) in [5, 5.41) is 0. The Balaban J connectivity index is 2.98. The first-order valence-electron chi connectivity index (χ1n) is 7.64. The van der Waals surface area contributed by atoms with Crippen molar-refractivity contribution in [2.75, 3.05) is 4.90 Å². The molecule has 19 heavy (non-hydrogen) atoms. The lowest BCUT2D eigenvalue weighted by Crippen LogP contribution is -2.54. The minimum Gasteiger partial charge on any atom is -0.362 e. The van der Waals surface area contributed by atoms with Crippen LogP contribution in [0.5, 0.6) is 0 Å². The zero-order valence-corrected chi connectivity index (χ0v) is 13.7. The fraction of sp³-hybridized carbons (Fsp3) is 0.667. The average molecular weight is 261 g/mol. The fourth-order valence-corrected chi connectivity index (χ4v) is 3.14. The SMILES string of the molecule is CCCCCC(C)(C)N(c1ccccc1)C(C)(C)C. The molecule has 0 fully saturated rings. The molecule has 0 N–H and O–H groups in total. The van der Waals surface area contributed by atoms with Gasteiger partial charge in [0.05, 0.1) is 0 Å². The van der Waals surface area contributed by atoms with Crippen LogP contribution in [0.25, 0.3) is 0 Å². The molecule has 0 spiro atoms. The summed E-state index contributed by atoms with van der Waals surface area (Å²) in [7, 11) is 0. The Morgan fingerprint density at radius 2 is 1.47 bits per heavy atom. The molecule has 0 aliphatic carbocycles. The van der Waals surface area contributed by atoms with Crippen molar-refractivity contribution in [3.05, 3.63) is 30.3 Å². The third-order valence-corrected chi connectivity index (χ3v) is 3.68. The van der Waals surface area contributed by atoms with Crippen LogP contribution < -0.4 is 4.90 Å². The molecule has 0 amide bonds. The highest BCUT2D eigenvalue weighted by atomic mass is 15.2. The summed E-state index contributed by atoms with van der Waals surface area (Å²) < 4.78 is 0. The molecule has 1 nitrogen and oxygen atoms in total. The van der Waals surface area contributed by atoms with Crippen molar-refractivity contribution in [3.8, 4) is 0 Å². The Morgan fingerprint density at radius 1 is 0.895 bits per heavy atom. The Hall–Kier alpha value is -0.980. The number of hydrogen-bond donors (Lipinski definition) is 0. The second kappa shape index (κ2) is 6.45. The van der Waals surface area contributed by atoms with E-state index in [-0.39, 0.29) is 11.1 Å². The van der Waals surface area contributed by atoms with Crippen molar-refractivity contribution in [2.45, 2.75) is 78.3 Å². The van der Waals surface area contributed by atoms with Gasteiger partial charge in [0.25, 0.3) is 0 Å². The van der Waals surface area contributed by atoms with Crippen molar-refractivity contribution in [2.24, 2.45) is 0 Å². The highest BCUT2D eigenvalue weighted by Gasteiger charge is 2.34. The summed E-state index contributed by atoms with van der Waals surface area (Å²) in [5.74, 6) is 0. The molecule has 0 heterocycles. The Kier molecular flexibility index (Phi) is 5.46. The Bertz CT molecular complexity index is 359. The first-order valence-corrected chi connectivity index (χ1v) is 7.64. The van der Waals surface area contributed by atoms with Gasteiger partial charge in [-0.3, -0.25) is 0 Å². The lowest BCUT2D eigenvalue weighted by molar-refractivity contribution is 0.330. The van der Waals surface area contributed by atoms with E-state index < -0.39 is 0 Å². The van der Waals surface area contributed by atoms with E-state index in [1.807, 2.05) is 0 Å². The van der Waals surface area contributed by atoms with Gasteiger partial charge in [0.2, 0.25) is 0 Å². The van der Waals surface area contributed by atoms with E-state index in [0.717, 1.165) is 0 Å². The van der Waals surface area contributed by atoms with Gasteiger partial charge in [-0.15, -0.1) is 0 Å². The number of hydrogen-bond acceptors (Lipinski definition) is 1. The Labute approximate surface area is 120 Å². The molecule has 1 heteroatoms. The quantitative estimate of drug-likeness (QED) is 0.598. The molecule has 0 radical (unpaired) electrons. The third kappa shape index (κ3) is 4.56. The summed E-state index contributed by atoms with van der Waals surface area (Å²) in [6, 6.07) is 10.8. The molecule has 0 saturated carbocycles. The molecule has 0 saturated heterocycles. The summed E-state index contributed by atoms with van der Waals surface area (Å²) in [4.78, 5) is 2.58. The second-order valence-corrected chi connectivity index (χ2v) is 7.11. The van der Waals surface area contributed by atoms with Gasteiger partial charge in [-0.1, -0.05) is 44.4 Å². The van der Waals surface area contributed by atoms with Crippen molar-refractivity contribution in [1.29, 1.82) is 0 Å². The third-order valence-electron chi connectivity index (χ3n) is 3.68. The molecular formula is C18H31N. The summed E-state index contributed by atoms with van der Waals surface area (Å²) in [6.07, 6.45) is 5.17. The van der Waals surface area contributed by atoms with Gasteiger partial charge < -0.3 is 4.90 Å². The normalized spacial score (nSPS) is 12.5. The number of rotatable bonds is 6. The first-order chi connectivity index (χ1) is 8.79. The van der Waals surface area contributed by atoms with Crippen molar-refractivity contribution < 1.29 is 0 Å². The van der Waals surface area contributed by atoms with Gasteiger partial charge in [-0.2, -0.15) is 0 Å². The molecule has 0 aliphatic heterocycles. The van der Waals surface area contributed by atoms with E-state index in [1.54, 1.807) is 0 Å². The molecule has 0 atom stereocenters. The van der Waals surface area contributed by atoms with Crippen LogP contribution in [0.3, 0.4) is 0 Å². The largest absolute Gasteiger partial charge is 0.362 e. The first kappa shape index (κ1) is 16.1. The molecule has 0 bridgehead atoms. The molecule has 1 rings (SSSR count). The number of benzene rings is 1. The van der Waals surface area contributed by atoms with Crippen LogP contribution in [0.4, 0.5) is 5.69 Å². The molecule has 108 valence electrons. The van der Waals surface area contributed by atoms with Crippen LogP contribution in [-0.2, 0) is 0 Å². The van der Waals surface area contributed by atoms with Crippen LogP contribution in [0.1, 0.15) is 67.2 Å². The molecule has 1 aromatic carbocycles. The molecule has 0 aromatic heterocycles. The molecule has 1 aromatic rings. The molecule has 0 aliphatic rings. The zero-order chi connectivity index (χ0) is 14.5. The minimum absolute atomic E-state index is 0.136. The summed E-state index contributed by atoms with van der Waals surface area (Å²) in [5.41, 5.74) is 1.66. The van der Waals surface area contributed by atoms with Crippen LogP contribution >= 0.6 is 0 Å². The number of nitrogens with zero attached hydrogens (tertiary/aromatic N) is 1. The fourth-order valence-electron chi connectivity index (χ4n) is 3.14. The Morgan fingerprint density at radius 3 is 1.95 bits per heavy atom. The van der Waals surface area contributed by atoms with E-state index in [0.29, 0.717) is 0 Å². The smallest absolute Gasteiger partial charge is 0.0374 e. The minimum atomic E-state index is 0.136. The van der Waals surface area contributed by atoms with Crippen LogP contribution in [-0.4, -0.2) is 11.1 Å². The number of anilines is 1. The van der Waals surface area contributed by atoms with E-state index in [1.165, 1.54) is 31.4 Å². The van der Waals surface area contributed by atoms with Gasteiger partial charge in [0.15, 0.2) is 0 Å². The lowest BCUT2D eigenvalue weighted by Gasteiger charge is -2.49. The molecule has 0 unspecified atom stereocenters. The second-order valence-electron chi connectivity index (χ2n) is 7.11. The highest BCUT2D eigenvalue weighted by molar-refractivity contribution is 5.51. The van der Waals surface area contributed by atoms with E-state index in [9.17, 15) is 0 Å². The van der Waals surface area contributed by atoms with Gasteiger partial charge in [0, 0.05) is 16.8 Å². The van der Waals surface area contributed by atoms with Crippen molar-refractivity contribution in [1.82, 2.24) is 0 Å². The van der Waals surface area contributed by atoms with Crippen molar-refractivity contribution >= 4 is 5.69 Å². The average Bonchev–Trinajstić information content (AvgIpc) is 2.28. The van der Waals surface area contributed by atoms with E-state index in [4.69, 9.17) is 0 Å². The van der Waals surface area contributed by atoms with Gasteiger partial charge >= 0.3 is 0 Å². The summed E-state index contributed by atoms with van der Waals surface area (Å²) in [6.45, 7) is 13.9. The van der Waals surface area contributed by atoms with Crippen LogP contribution in [0.15, 0.2) is 30.3 Å². The summed E-state index contributed by atoms with van der Waals surface area (Å²) >= 11 is 0. The number of unbranched alkanes of at least 4 members (excludes halogenated alkanes) is 2. The monoisotopic (exact) mass is 261 g/mol. The number of para-hydroxylation sites is 1. The van der Waals surface area contributed by atoms with Crippen molar-refractivity contribution in [3.63, 3.8) is 0 Å². The van der Waals surface area contributed by atoms with E-state index >= 15 is 0 Å². The van der Waals surface area contributed by atoms with Gasteiger partial charge in [0.1, 0.15) is 0 Å². The topological polar surface area (TPSA) is 3.24 Å². The van der Waals surface area contributed by atoms with E-state index in [2.05, 4.69) is 76.8 Å². The standard InChI is InChI=1S/C18H31N/c1-7-8-12-15-18(5,6)19(17(2,3)4)16-13-10-9-11-14-16/h9-11,13-14H,7-8,12,15H2,1-6H3. The van der Waals surface area contributed by atoms with Crippen LogP contribution in [0.2, 0.25) is 0 Å². The predicted octanol–water partition coefficient (Wildman–Crippen LogP) is 5.65. The maximum Gasteiger partial charge on any atom is 0.0374 e. The maximum atomic E-state index is 2.58. The van der Waals surface area contributed by atoms with Crippen LogP contribution in [0, 0.1) is 0 Å². The predicted molar refractivity (Wildman–Crippen MR) is 86.9 cm³/mol. The lowest BCUT2D eigenvalue weighted by atomic mass is 9.88. The molecular weight excluding hydrogens is 230 g/mol.